The molecule has 1 aliphatic heterocycles. The summed E-state index contributed by atoms with van der Waals surface area (Å²) in [7, 11) is 0. The molecule has 0 saturated carbocycles. The van der Waals surface area contributed by atoms with Crippen molar-refractivity contribution in [2.45, 2.75) is 59.3 Å². The highest BCUT2D eigenvalue weighted by molar-refractivity contribution is 5.37. The molecule has 3 rings (SSSR count). The molecule has 0 spiro atoms. The lowest BCUT2D eigenvalue weighted by atomic mass is 10.0. The van der Waals surface area contributed by atoms with E-state index in [1.807, 2.05) is 0 Å². The van der Waals surface area contributed by atoms with E-state index in [1.54, 1.807) is 12.4 Å². The van der Waals surface area contributed by atoms with Gasteiger partial charge in [0.2, 0.25) is 5.95 Å². The first-order chi connectivity index (χ1) is 12.4. The lowest BCUT2D eigenvalue weighted by Gasteiger charge is -2.45. The van der Waals surface area contributed by atoms with E-state index in [4.69, 9.17) is 9.47 Å². The van der Waals surface area contributed by atoms with Gasteiger partial charge in [-0.1, -0.05) is 25.1 Å². The molecule has 0 bridgehead atoms. The Bertz CT molecular complexity index is 723. The van der Waals surface area contributed by atoms with E-state index in [2.05, 4.69) is 67.7 Å². The van der Waals surface area contributed by atoms with Gasteiger partial charge in [0.25, 0.3) is 0 Å². The number of hydrogen-bond donors (Lipinski definition) is 0. The number of anilines is 1. The van der Waals surface area contributed by atoms with Crippen molar-refractivity contribution >= 4 is 5.95 Å². The van der Waals surface area contributed by atoms with E-state index in [1.165, 1.54) is 16.7 Å². The second kappa shape index (κ2) is 7.62. The first kappa shape index (κ1) is 18.6. The van der Waals surface area contributed by atoms with Gasteiger partial charge in [-0.05, 0) is 50.8 Å². The van der Waals surface area contributed by atoms with E-state index in [9.17, 15) is 0 Å². The number of rotatable bonds is 5. The summed E-state index contributed by atoms with van der Waals surface area (Å²) in [5, 5.41) is 0. The third kappa shape index (κ3) is 3.98. The number of ether oxygens (including phenoxy) is 2. The standard InChI is InChI=1S/C21H29N3O2/c1-6-17-12-24(21(4,5)14-26-17)20-22-10-18(11-23-20)25-13-19-15(2)8-7-9-16(19)3/h7-11,17H,6,12-14H2,1-5H3/t17-/m0/s1. The van der Waals surface area contributed by atoms with Gasteiger partial charge in [0.05, 0.1) is 30.6 Å². The van der Waals surface area contributed by atoms with Crippen molar-refractivity contribution in [2.75, 3.05) is 18.1 Å². The minimum atomic E-state index is -0.119. The molecule has 0 amide bonds. The molecule has 26 heavy (non-hydrogen) atoms. The van der Waals surface area contributed by atoms with Crippen LogP contribution in [0.1, 0.15) is 43.9 Å². The van der Waals surface area contributed by atoms with Gasteiger partial charge < -0.3 is 14.4 Å². The van der Waals surface area contributed by atoms with Crippen molar-refractivity contribution in [3.05, 3.63) is 47.3 Å². The second-order valence-electron chi connectivity index (χ2n) is 7.64. The van der Waals surface area contributed by atoms with Crippen LogP contribution in [0.3, 0.4) is 0 Å². The molecule has 0 aliphatic carbocycles. The fraction of sp³-hybridized carbons (Fsp3) is 0.524. The van der Waals surface area contributed by atoms with Crippen molar-refractivity contribution in [1.29, 1.82) is 0 Å². The zero-order valence-corrected chi connectivity index (χ0v) is 16.5. The number of nitrogens with zero attached hydrogens (tertiary/aromatic N) is 3. The first-order valence-corrected chi connectivity index (χ1v) is 9.30. The van der Waals surface area contributed by atoms with Crippen molar-refractivity contribution in [3.63, 3.8) is 0 Å². The fourth-order valence-corrected chi connectivity index (χ4v) is 3.26. The van der Waals surface area contributed by atoms with E-state index in [0.29, 0.717) is 19.0 Å². The molecule has 2 aromatic rings. The molecule has 1 fully saturated rings. The monoisotopic (exact) mass is 355 g/mol. The molecule has 5 nitrogen and oxygen atoms in total. The fourth-order valence-electron chi connectivity index (χ4n) is 3.26. The zero-order valence-electron chi connectivity index (χ0n) is 16.5. The largest absolute Gasteiger partial charge is 0.486 e. The maximum atomic E-state index is 5.92. The minimum Gasteiger partial charge on any atom is -0.486 e. The SMILES string of the molecule is CC[C@H]1CN(c2ncc(OCc3c(C)cccc3C)cn2)C(C)(C)CO1. The lowest BCUT2D eigenvalue weighted by Crippen LogP contribution is -2.56. The molecule has 5 heteroatoms. The van der Waals surface area contributed by atoms with Gasteiger partial charge >= 0.3 is 0 Å². The van der Waals surface area contributed by atoms with Crippen LogP contribution in [0.25, 0.3) is 0 Å². The Morgan fingerprint density at radius 2 is 1.85 bits per heavy atom. The topological polar surface area (TPSA) is 47.5 Å². The van der Waals surface area contributed by atoms with E-state index >= 15 is 0 Å². The van der Waals surface area contributed by atoms with E-state index in [-0.39, 0.29) is 11.6 Å². The predicted molar refractivity (Wildman–Crippen MR) is 104 cm³/mol. The summed E-state index contributed by atoms with van der Waals surface area (Å²) in [5.74, 6) is 1.42. The highest BCUT2D eigenvalue weighted by Crippen LogP contribution is 2.27. The predicted octanol–water partition coefficient (Wildman–Crippen LogP) is 4.07. The number of aryl methyl sites for hydroxylation is 2. The Hall–Kier alpha value is -2.14. The Balaban J connectivity index is 1.70. The normalized spacial score (nSPS) is 19.4. The molecule has 0 N–H and O–H groups in total. The van der Waals surface area contributed by atoms with Gasteiger partial charge in [0, 0.05) is 6.54 Å². The zero-order chi connectivity index (χ0) is 18.7. The van der Waals surface area contributed by atoms with Crippen LogP contribution in [-0.2, 0) is 11.3 Å². The van der Waals surface area contributed by atoms with Crippen LogP contribution < -0.4 is 9.64 Å². The number of morpholine rings is 1. The molecule has 1 aromatic heterocycles. The maximum Gasteiger partial charge on any atom is 0.226 e. The molecular weight excluding hydrogens is 326 g/mol. The number of benzene rings is 1. The smallest absolute Gasteiger partial charge is 0.226 e. The Morgan fingerprint density at radius 1 is 1.19 bits per heavy atom. The molecule has 0 radical (unpaired) electrons. The van der Waals surface area contributed by atoms with Crippen LogP contribution in [0.15, 0.2) is 30.6 Å². The van der Waals surface area contributed by atoms with Gasteiger partial charge in [0.15, 0.2) is 5.75 Å². The van der Waals surface area contributed by atoms with Crippen molar-refractivity contribution in [3.8, 4) is 5.75 Å². The van der Waals surface area contributed by atoms with Crippen LogP contribution >= 0.6 is 0 Å². The van der Waals surface area contributed by atoms with E-state index < -0.39 is 0 Å². The Morgan fingerprint density at radius 3 is 2.46 bits per heavy atom. The number of aromatic nitrogens is 2. The average molecular weight is 355 g/mol. The molecule has 140 valence electrons. The molecule has 1 aliphatic rings. The van der Waals surface area contributed by atoms with Crippen LogP contribution in [0, 0.1) is 13.8 Å². The molecule has 1 saturated heterocycles. The van der Waals surface area contributed by atoms with Crippen LogP contribution in [0.5, 0.6) is 5.75 Å². The van der Waals surface area contributed by atoms with Gasteiger partial charge in [-0.25, -0.2) is 9.97 Å². The summed E-state index contributed by atoms with van der Waals surface area (Å²) >= 11 is 0. The van der Waals surface area contributed by atoms with Crippen molar-refractivity contribution in [1.82, 2.24) is 9.97 Å². The summed E-state index contributed by atoms with van der Waals surface area (Å²) < 4.78 is 11.8. The molecule has 2 heterocycles. The molecular formula is C21H29N3O2. The average Bonchev–Trinajstić information content (AvgIpc) is 2.62. The molecule has 1 atom stereocenters. The highest BCUT2D eigenvalue weighted by atomic mass is 16.5. The molecule has 0 unspecified atom stereocenters. The summed E-state index contributed by atoms with van der Waals surface area (Å²) in [6.45, 7) is 12.7. The maximum absolute atomic E-state index is 5.92. The molecule has 1 aromatic carbocycles. The van der Waals surface area contributed by atoms with Crippen LogP contribution in [0.2, 0.25) is 0 Å². The quantitative estimate of drug-likeness (QED) is 0.809. The Labute approximate surface area is 156 Å². The lowest BCUT2D eigenvalue weighted by molar-refractivity contribution is -0.00575. The van der Waals surface area contributed by atoms with Gasteiger partial charge in [-0.2, -0.15) is 0 Å². The minimum absolute atomic E-state index is 0.119. The van der Waals surface area contributed by atoms with Crippen LogP contribution in [-0.4, -0.2) is 34.8 Å². The third-order valence-electron chi connectivity index (χ3n) is 5.13. The van der Waals surface area contributed by atoms with Crippen molar-refractivity contribution in [2.24, 2.45) is 0 Å². The summed E-state index contributed by atoms with van der Waals surface area (Å²) in [6.07, 6.45) is 4.75. The number of hydrogen-bond acceptors (Lipinski definition) is 5. The summed E-state index contributed by atoms with van der Waals surface area (Å²) in [5.41, 5.74) is 3.58. The first-order valence-electron chi connectivity index (χ1n) is 9.30. The third-order valence-corrected chi connectivity index (χ3v) is 5.13. The summed E-state index contributed by atoms with van der Waals surface area (Å²) in [4.78, 5) is 11.4. The summed E-state index contributed by atoms with van der Waals surface area (Å²) in [6, 6.07) is 6.28. The van der Waals surface area contributed by atoms with Gasteiger partial charge in [0.1, 0.15) is 6.61 Å². The van der Waals surface area contributed by atoms with Gasteiger partial charge in [-0.15, -0.1) is 0 Å². The van der Waals surface area contributed by atoms with E-state index in [0.717, 1.165) is 18.9 Å². The Kier molecular flexibility index (Phi) is 5.47. The second-order valence-corrected chi connectivity index (χ2v) is 7.64. The van der Waals surface area contributed by atoms with Gasteiger partial charge in [-0.3, -0.25) is 0 Å². The highest BCUT2D eigenvalue weighted by Gasteiger charge is 2.36. The van der Waals surface area contributed by atoms with Crippen LogP contribution in [0.4, 0.5) is 5.95 Å². The van der Waals surface area contributed by atoms with Crippen molar-refractivity contribution < 1.29 is 9.47 Å².